The summed E-state index contributed by atoms with van der Waals surface area (Å²) in [6, 6.07) is 0. The Hall–Kier alpha value is -1.65. The van der Waals surface area contributed by atoms with Gasteiger partial charge in [0.25, 0.3) is 0 Å². The standard InChI is InChI=1S/C57H106O4/c1-3-5-7-9-11-13-15-17-19-21-23-25-27-29-30-32-34-36-38-40-42-44-46-48-50-52-57(59)61-56(54-58)55-60-53-51-49-47-45-43-41-39-37-35-33-31-28-26-24-22-20-18-16-14-12-10-8-6-4-2/h16,18,21-24,28,31,56,58H,3-15,17,19-20,25-27,29-30,32-55H2,1-2H3/b18-16-,23-21-,24-22-,31-28-. The number of allylic oxidation sites excluding steroid dienone is 8. The molecule has 4 nitrogen and oxygen atoms in total. The Kier molecular flexibility index (Phi) is 53.0. The van der Waals surface area contributed by atoms with Crippen LogP contribution in [-0.4, -0.2) is 37.0 Å². The molecule has 0 fully saturated rings. The van der Waals surface area contributed by atoms with Crippen LogP contribution in [0.25, 0.3) is 0 Å². The van der Waals surface area contributed by atoms with Crippen molar-refractivity contribution in [3.63, 3.8) is 0 Å². The van der Waals surface area contributed by atoms with E-state index in [0.717, 1.165) is 32.1 Å². The van der Waals surface area contributed by atoms with E-state index in [1.807, 2.05) is 0 Å². The number of aliphatic hydroxyl groups excluding tert-OH is 1. The molecule has 1 unspecified atom stereocenters. The van der Waals surface area contributed by atoms with E-state index in [-0.39, 0.29) is 12.6 Å². The number of ether oxygens (including phenoxy) is 2. The second kappa shape index (κ2) is 54.5. The van der Waals surface area contributed by atoms with Crippen molar-refractivity contribution in [3.05, 3.63) is 48.6 Å². The van der Waals surface area contributed by atoms with E-state index >= 15 is 0 Å². The monoisotopic (exact) mass is 855 g/mol. The molecule has 0 aromatic rings. The lowest BCUT2D eigenvalue weighted by Crippen LogP contribution is -2.27. The van der Waals surface area contributed by atoms with Gasteiger partial charge in [0.05, 0.1) is 13.2 Å². The molecule has 0 bridgehead atoms. The minimum absolute atomic E-state index is 0.173. The lowest BCUT2D eigenvalue weighted by molar-refractivity contribution is -0.154. The summed E-state index contributed by atoms with van der Waals surface area (Å²) < 4.78 is 11.2. The van der Waals surface area contributed by atoms with Crippen molar-refractivity contribution in [3.8, 4) is 0 Å². The van der Waals surface area contributed by atoms with E-state index < -0.39 is 6.10 Å². The van der Waals surface area contributed by atoms with E-state index in [1.54, 1.807) is 0 Å². The van der Waals surface area contributed by atoms with Gasteiger partial charge in [0.15, 0.2) is 0 Å². The number of aliphatic hydroxyl groups is 1. The van der Waals surface area contributed by atoms with Gasteiger partial charge in [-0.3, -0.25) is 4.79 Å². The Morgan fingerprint density at radius 1 is 0.393 bits per heavy atom. The maximum absolute atomic E-state index is 12.3. The van der Waals surface area contributed by atoms with Gasteiger partial charge < -0.3 is 14.6 Å². The SMILES string of the molecule is CCCCCCC/C=C\C/C=C\C/C=C\CCCCCCCCCCCOCC(CO)OC(=O)CCCCCCCCCCCCCCC/C=C\CCCCCCCCCC. The van der Waals surface area contributed by atoms with Gasteiger partial charge in [-0.1, -0.05) is 249 Å². The molecule has 0 amide bonds. The van der Waals surface area contributed by atoms with Crippen LogP contribution >= 0.6 is 0 Å². The van der Waals surface area contributed by atoms with Crippen LogP contribution in [0, 0.1) is 0 Å². The van der Waals surface area contributed by atoms with Crippen LogP contribution in [0.15, 0.2) is 48.6 Å². The minimum atomic E-state index is -0.539. The highest BCUT2D eigenvalue weighted by atomic mass is 16.6. The predicted molar refractivity (Wildman–Crippen MR) is 270 cm³/mol. The molecular formula is C57H106O4. The third-order valence-corrected chi connectivity index (χ3v) is 12.1. The van der Waals surface area contributed by atoms with E-state index in [2.05, 4.69) is 62.5 Å². The Morgan fingerprint density at radius 3 is 1.05 bits per heavy atom. The average molecular weight is 855 g/mol. The second-order valence-electron chi connectivity index (χ2n) is 18.3. The minimum Gasteiger partial charge on any atom is -0.457 e. The van der Waals surface area contributed by atoms with Gasteiger partial charge in [-0.2, -0.15) is 0 Å². The second-order valence-corrected chi connectivity index (χ2v) is 18.3. The quantitative estimate of drug-likeness (QED) is 0.0376. The zero-order chi connectivity index (χ0) is 44.0. The maximum atomic E-state index is 12.3. The molecular weight excluding hydrogens is 749 g/mol. The molecule has 0 aromatic carbocycles. The van der Waals surface area contributed by atoms with Gasteiger partial charge in [0, 0.05) is 13.0 Å². The summed E-state index contributed by atoms with van der Waals surface area (Å²) in [7, 11) is 0. The fourth-order valence-corrected chi connectivity index (χ4v) is 8.04. The third-order valence-electron chi connectivity index (χ3n) is 12.1. The number of hydrogen-bond donors (Lipinski definition) is 1. The molecule has 1 N–H and O–H groups in total. The molecule has 0 saturated heterocycles. The van der Waals surface area contributed by atoms with Crippen LogP contribution in [-0.2, 0) is 14.3 Å². The maximum Gasteiger partial charge on any atom is 0.306 e. The van der Waals surface area contributed by atoms with Crippen molar-refractivity contribution in [1.29, 1.82) is 0 Å². The molecule has 358 valence electrons. The zero-order valence-corrected chi connectivity index (χ0v) is 41.2. The van der Waals surface area contributed by atoms with Crippen LogP contribution in [0.1, 0.15) is 284 Å². The van der Waals surface area contributed by atoms with Gasteiger partial charge >= 0.3 is 5.97 Å². The van der Waals surface area contributed by atoms with Gasteiger partial charge in [0.2, 0.25) is 0 Å². The fraction of sp³-hybridized carbons (Fsp3) is 0.842. The smallest absolute Gasteiger partial charge is 0.306 e. The Balaban J connectivity index is 3.40. The van der Waals surface area contributed by atoms with Crippen molar-refractivity contribution in [2.45, 2.75) is 290 Å². The van der Waals surface area contributed by atoms with Crippen LogP contribution in [0.2, 0.25) is 0 Å². The molecule has 0 spiro atoms. The van der Waals surface area contributed by atoms with Gasteiger partial charge in [-0.05, 0) is 77.0 Å². The number of hydrogen-bond acceptors (Lipinski definition) is 4. The first-order chi connectivity index (χ1) is 30.2. The zero-order valence-electron chi connectivity index (χ0n) is 41.2. The summed E-state index contributed by atoms with van der Waals surface area (Å²) in [6.07, 6.45) is 72.2. The number of carbonyl (C=O) groups is 1. The van der Waals surface area contributed by atoms with Gasteiger partial charge in [-0.15, -0.1) is 0 Å². The Morgan fingerprint density at radius 2 is 0.689 bits per heavy atom. The van der Waals surface area contributed by atoms with Crippen molar-refractivity contribution < 1.29 is 19.4 Å². The molecule has 0 rings (SSSR count). The summed E-state index contributed by atoms with van der Waals surface area (Å²) in [6.45, 7) is 5.36. The van der Waals surface area contributed by atoms with Gasteiger partial charge in [0.1, 0.15) is 6.10 Å². The average Bonchev–Trinajstić information content (AvgIpc) is 3.27. The van der Waals surface area contributed by atoms with Crippen LogP contribution < -0.4 is 0 Å². The lowest BCUT2D eigenvalue weighted by Gasteiger charge is -2.16. The topological polar surface area (TPSA) is 55.8 Å². The normalized spacial score (nSPS) is 12.6. The lowest BCUT2D eigenvalue weighted by atomic mass is 10.0. The molecule has 1 atom stereocenters. The number of esters is 1. The highest BCUT2D eigenvalue weighted by Gasteiger charge is 2.13. The molecule has 0 heterocycles. The van der Waals surface area contributed by atoms with E-state index in [9.17, 15) is 9.90 Å². The summed E-state index contributed by atoms with van der Waals surface area (Å²) in [5, 5.41) is 9.67. The first-order valence-corrected chi connectivity index (χ1v) is 27.2. The summed E-state index contributed by atoms with van der Waals surface area (Å²) >= 11 is 0. The van der Waals surface area contributed by atoms with E-state index in [0.29, 0.717) is 19.6 Å². The Bertz CT molecular complexity index is 951. The first kappa shape index (κ1) is 59.4. The molecule has 4 heteroatoms. The highest BCUT2D eigenvalue weighted by molar-refractivity contribution is 5.69. The molecule has 0 aliphatic heterocycles. The molecule has 0 aliphatic rings. The number of rotatable bonds is 51. The van der Waals surface area contributed by atoms with Crippen LogP contribution in [0.4, 0.5) is 0 Å². The van der Waals surface area contributed by atoms with Crippen molar-refractivity contribution in [1.82, 2.24) is 0 Å². The van der Waals surface area contributed by atoms with Crippen molar-refractivity contribution >= 4 is 5.97 Å². The first-order valence-electron chi connectivity index (χ1n) is 27.2. The highest BCUT2D eigenvalue weighted by Crippen LogP contribution is 2.16. The van der Waals surface area contributed by atoms with Gasteiger partial charge in [-0.25, -0.2) is 0 Å². The molecule has 61 heavy (non-hydrogen) atoms. The number of unbranched alkanes of at least 4 members (excludes halogenated alkanes) is 35. The van der Waals surface area contributed by atoms with Crippen molar-refractivity contribution in [2.24, 2.45) is 0 Å². The number of carbonyl (C=O) groups excluding carboxylic acids is 1. The fourth-order valence-electron chi connectivity index (χ4n) is 8.04. The van der Waals surface area contributed by atoms with Crippen LogP contribution in [0.3, 0.4) is 0 Å². The summed E-state index contributed by atoms with van der Waals surface area (Å²) in [4.78, 5) is 12.3. The van der Waals surface area contributed by atoms with Crippen molar-refractivity contribution in [2.75, 3.05) is 19.8 Å². The van der Waals surface area contributed by atoms with E-state index in [4.69, 9.17) is 9.47 Å². The van der Waals surface area contributed by atoms with Crippen LogP contribution in [0.5, 0.6) is 0 Å². The van der Waals surface area contributed by atoms with E-state index in [1.165, 1.54) is 231 Å². The summed E-state index contributed by atoms with van der Waals surface area (Å²) in [5.41, 5.74) is 0. The Labute approximate surface area is 382 Å². The molecule has 0 aromatic heterocycles. The largest absolute Gasteiger partial charge is 0.457 e. The summed E-state index contributed by atoms with van der Waals surface area (Å²) in [5.74, 6) is -0.199. The molecule has 0 aliphatic carbocycles. The molecule has 0 saturated carbocycles. The molecule has 0 radical (unpaired) electrons. The third kappa shape index (κ3) is 52.6. The predicted octanol–water partition coefficient (Wildman–Crippen LogP) is 18.6.